The smallest absolute Gasteiger partial charge is 0.334 e. The van der Waals surface area contributed by atoms with E-state index < -0.39 is 11.7 Å². The fourth-order valence-electron chi connectivity index (χ4n) is 3.02. The lowest BCUT2D eigenvalue weighted by molar-refractivity contribution is -0.137. The zero-order valence-corrected chi connectivity index (χ0v) is 17.1. The highest BCUT2D eigenvalue weighted by Crippen LogP contribution is 2.29. The van der Waals surface area contributed by atoms with Crippen LogP contribution in [-0.4, -0.2) is 36.0 Å². The number of urea groups is 1. The number of halogens is 3. The lowest BCUT2D eigenvalue weighted by Gasteiger charge is -2.21. The van der Waals surface area contributed by atoms with E-state index in [1.807, 2.05) is 18.2 Å². The fourth-order valence-corrected chi connectivity index (χ4v) is 3.02. The van der Waals surface area contributed by atoms with Gasteiger partial charge in [-0.05, 0) is 41.9 Å². The Kier molecular flexibility index (Phi) is 8.08. The Hall–Kier alpha value is -2.54. The molecule has 0 saturated carbocycles. The van der Waals surface area contributed by atoms with Crippen molar-refractivity contribution < 1.29 is 18.0 Å². The van der Waals surface area contributed by atoms with E-state index in [1.54, 1.807) is 7.05 Å². The first kappa shape index (κ1) is 22.7. The molecule has 7 heteroatoms. The molecule has 29 heavy (non-hydrogen) atoms. The van der Waals surface area contributed by atoms with Gasteiger partial charge in [0.1, 0.15) is 0 Å². The number of hydrogen-bond acceptors (Lipinski definition) is 2. The molecule has 0 atom stereocenters. The SMILES string of the molecule is CCN(CC)Cc1ccccc1CNC(=O)N(C)Cc1ccc(C(F)(F)F)cc1. The summed E-state index contributed by atoms with van der Waals surface area (Å²) in [6.45, 7) is 7.58. The fraction of sp³-hybridized carbons (Fsp3) is 0.409. The van der Waals surface area contributed by atoms with Crippen LogP contribution in [0.1, 0.15) is 36.1 Å². The molecule has 2 amide bonds. The van der Waals surface area contributed by atoms with Gasteiger partial charge in [-0.25, -0.2) is 4.79 Å². The van der Waals surface area contributed by atoms with Gasteiger partial charge in [0, 0.05) is 26.7 Å². The van der Waals surface area contributed by atoms with E-state index in [9.17, 15) is 18.0 Å². The molecule has 158 valence electrons. The van der Waals surface area contributed by atoms with Crippen LogP contribution in [0.2, 0.25) is 0 Å². The molecule has 0 aromatic heterocycles. The van der Waals surface area contributed by atoms with E-state index in [1.165, 1.54) is 22.6 Å². The largest absolute Gasteiger partial charge is 0.416 e. The van der Waals surface area contributed by atoms with Gasteiger partial charge in [0.05, 0.1) is 5.56 Å². The van der Waals surface area contributed by atoms with E-state index in [2.05, 4.69) is 30.1 Å². The molecule has 1 N–H and O–H groups in total. The molecule has 0 fully saturated rings. The van der Waals surface area contributed by atoms with Gasteiger partial charge in [-0.1, -0.05) is 50.2 Å². The minimum atomic E-state index is -4.36. The van der Waals surface area contributed by atoms with Crippen molar-refractivity contribution in [3.8, 4) is 0 Å². The topological polar surface area (TPSA) is 35.6 Å². The lowest BCUT2D eigenvalue weighted by Crippen LogP contribution is -2.36. The van der Waals surface area contributed by atoms with E-state index in [0.29, 0.717) is 12.1 Å². The van der Waals surface area contributed by atoms with Gasteiger partial charge >= 0.3 is 12.2 Å². The van der Waals surface area contributed by atoms with Crippen molar-refractivity contribution in [2.24, 2.45) is 0 Å². The van der Waals surface area contributed by atoms with Crippen molar-refractivity contribution in [3.63, 3.8) is 0 Å². The number of carbonyl (C=O) groups excluding carboxylic acids is 1. The summed E-state index contributed by atoms with van der Waals surface area (Å²) in [5.74, 6) is 0. The summed E-state index contributed by atoms with van der Waals surface area (Å²) in [6.07, 6.45) is -4.36. The van der Waals surface area contributed by atoms with Crippen LogP contribution in [0, 0.1) is 0 Å². The Morgan fingerprint density at radius 3 is 2.07 bits per heavy atom. The maximum Gasteiger partial charge on any atom is 0.416 e. The molecule has 0 aliphatic heterocycles. The van der Waals surface area contributed by atoms with Crippen LogP contribution >= 0.6 is 0 Å². The van der Waals surface area contributed by atoms with Crippen LogP contribution in [0.15, 0.2) is 48.5 Å². The third kappa shape index (κ3) is 6.78. The summed E-state index contributed by atoms with van der Waals surface area (Å²) in [6, 6.07) is 12.6. The zero-order chi connectivity index (χ0) is 21.4. The molecule has 2 aromatic carbocycles. The van der Waals surface area contributed by atoms with Gasteiger partial charge in [0.15, 0.2) is 0 Å². The van der Waals surface area contributed by atoms with Gasteiger partial charge in [0.2, 0.25) is 0 Å². The first-order valence-corrected chi connectivity index (χ1v) is 9.68. The highest BCUT2D eigenvalue weighted by molar-refractivity contribution is 5.73. The van der Waals surface area contributed by atoms with Crippen LogP contribution in [0.3, 0.4) is 0 Å². The van der Waals surface area contributed by atoms with Crippen LogP contribution in [0.4, 0.5) is 18.0 Å². The standard InChI is InChI=1S/C22H28F3N3O/c1-4-28(5-2)16-19-9-7-6-8-18(19)14-26-21(29)27(3)15-17-10-12-20(13-11-17)22(23,24)25/h6-13H,4-5,14-16H2,1-3H3,(H,26,29). The molecule has 0 unspecified atom stereocenters. The third-order valence-corrected chi connectivity index (χ3v) is 4.88. The summed E-state index contributed by atoms with van der Waals surface area (Å²) in [5.41, 5.74) is 2.16. The number of benzene rings is 2. The highest BCUT2D eigenvalue weighted by Gasteiger charge is 2.30. The first-order chi connectivity index (χ1) is 13.7. The predicted molar refractivity (Wildman–Crippen MR) is 108 cm³/mol. The second-order valence-corrected chi connectivity index (χ2v) is 6.94. The minimum Gasteiger partial charge on any atom is -0.334 e. The van der Waals surface area contributed by atoms with E-state index in [-0.39, 0.29) is 12.6 Å². The molecule has 0 radical (unpaired) electrons. The maximum absolute atomic E-state index is 12.7. The van der Waals surface area contributed by atoms with Gasteiger partial charge in [-0.15, -0.1) is 0 Å². The van der Waals surface area contributed by atoms with E-state index >= 15 is 0 Å². The van der Waals surface area contributed by atoms with Crippen molar-refractivity contribution in [2.75, 3.05) is 20.1 Å². The Morgan fingerprint density at radius 1 is 0.931 bits per heavy atom. The minimum absolute atomic E-state index is 0.227. The summed E-state index contributed by atoms with van der Waals surface area (Å²) in [4.78, 5) is 16.2. The summed E-state index contributed by atoms with van der Waals surface area (Å²) in [7, 11) is 1.62. The Bertz CT molecular complexity index is 787. The van der Waals surface area contributed by atoms with Crippen LogP contribution < -0.4 is 5.32 Å². The van der Waals surface area contributed by atoms with Crippen molar-refractivity contribution in [1.29, 1.82) is 0 Å². The van der Waals surface area contributed by atoms with Crippen LogP contribution in [0.5, 0.6) is 0 Å². The van der Waals surface area contributed by atoms with Gasteiger partial charge in [-0.3, -0.25) is 4.90 Å². The highest BCUT2D eigenvalue weighted by atomic mass is 19.4. The number of amides is 2. The zero-order valence-electron chi connectivity index (χ0n) is 17.1. The molecule has 0 saturated heterocycles. The summed E-state index contributed by atoms with van der Waals surface area (Å²) in [5, 5.41) is 2.89. The molecule has 0 bridgehead atoms. The second kappa shape index (κ2) is 10.3. The van der Waals surface area contributed by atoms with E-state index in [0.717, 1.165) is 37.3 Å². The van der Waals surface area contributed by atoms with E-state index in [4.69, 9.17) is 0 Å². The molecular weight excluding hydrogens is 379 g/mol. The Morgan fingerprint density at radius 2 is 1.52 bits per heavy atom. The number of rotatable bonds is 8. The molecule has 2 rings (SSSR count). The van der Waals surface area contributed by atoms with Crippen molar-refractivity contribution in [1.82, 2.24) is 15.1 Å². The second-order valence-electron chi connectivity index (χ2n) is 6.94. The normalized spacial score (nSPS) is 11.6. The third-order valence-electron chi connectivity index (χ3n) is 4.88. The number of alkyl halides is 3. The lowest BCUT2D eigenvalue weighted by atomic mass is 10.1. The molecule has 2 aromatic rings. The van der Waals surface area contributed by atoms with Crippen molar-refractivity contribution in [2.45, 2.75) is 39.7 Å². The van der Waals surface area contributed by atoms with Crippen molar-refractivity contribution >= 4 is 6.03 Å². The summed E-state index contributed by atoms with van der Waals surface area (Å²) < 4.78 is 38.0. The summed E-state index contributed by atoms with van der Waals surface area (Å²) >= 11 is 0. The van der Waals surface area contributed by atoms with Crippen molar-refractivity contribution in [3.05, 3.63) is 70.8 Å². The Labute approximate surface area is 170 Å². The molecular formula is C22H28F3N3O. The van der Waals surface area contributed by atoms with Crippen LogP contribution in [0.25, 0.3) is 0 Å². The Balaban J connectivity index is 1.94. The molecule has 0 aliphatic rings. The molecule has 0 spiro atoms. The average molecular weight is 407 g/mol. The first-order valence-electron chi connectivity index (χ1n) is 9.68. The number of carbonyl (C=O) groups is 1. The van der Waals surface area contributed by atoms with Gasteiger partial charge < -0.3 is 10.2 Å². The quantitative estimate of drug-likeness (QED) is 0.676. The number of nitrogens with zero attached hydrogens (tertiary/aromatic N) is 2. The maximum atomic E-state index is 12.7. The molecule has 4 nitrogen and oxygen atoms in total. The monoisotopic (exact) mass is 407 g/mol. The average Bonchev–Trinajstić information content (AvgIpc) is 2.70. The number of nitrogens with one attached hydrogen (secondary N) is 1. The predicted octanol–water partition coefficient (Wildman–Crippen LogP) is 4.89. The number of hydrogen-bond donors (Lipinski definition) is 1. The van der Waals surface area contributed by atoms with Crippen LogP contribution in [-0.2, 0) is 25.8 Å². The molecule has 0 aliphatic carbocycles. The van der Waals surface area contributed by atoms with Gasteiger partial charge in [0.25, 0.3) is 0 Å². The molecule has 0 heterocycles. The van der Waals surface area contributed by atoms with Gasteiger partial charge in [-0.2, -0.15) is 13.2 Å².